The van der Waals surface area contributed by atoms with Gasteiger partial charge in [-0.2, -0.15) is 4.68 Å². The number of benzene rings is 3. The summed E-state index contributed by atoms with van der Waals surface area (Å²) < 4.78 is 65.6. The summed E-state index contributed by atoms with van der Waals surface area (Å²) in [6, 6.07) is 9.77. The van der Waals surface area contributed by atoms with Gasteiger partial charge in [-0.1, -0.05) is 0 Å². The third kappa shape index (κ3) is 7.30. The average Bonchev–Trinajstić information content (AvgIpc) is 3.30. The molecule has 0 radical (unpaired) electrons. The average molecular weight is 632 g/mol. The molecular formula is C29H31F2N5O7S. The van der Waals surface area contributed by atoms with Crippen molar-refractivity contribution in [2.75, 3.05) is 51.6 Å². The van der Waals surface area contributed by atoms with Crippen LogP contribution in [0.1, 0.15) is 17.3 Å². The van der Waals surface area contributed by atoms with Crippen LogP contribution in [0.3, 0.4) is 0 Å². The molecule has 1 amide bonds. The lowest BCUT2D eigenvalue weighted by Crippen LogP contribution is -2.24. The van der Waals surface area contributed by atoms with Crippen molar-refractivity contribution in [2.24, 2.45) is 0 Å². The van der Waals surface area contributed by atoms with Crippen molar-refractivity contribution in [3.8, 4) is 5.75 Å². The second-order valence-corrected chi connectivity index (χ2v) is 12.1. The zero-order valence-electron chi connectivity index (χ0n) is 24.3. The van der Waals surface area contributed by atoms with Gasteiger partial charge in [0.2, 0.25) is 9.84 Å². The molecule has 3 aromatic carbocycles. The molecule has 0 saturated heterocycles. The Hall–Kier alpha value is -4.60. The smallest absolute Gasteiger partial charge is 0.432 e. The molecule has 0 aliphatic rings. The SMILES string of the molecule is COC[C@@H](C)Nc1cc(OCCN(C)C)ccc1C(=O)Nc1nn(C(=O)O)c2ccc(S(=O)(=O)c3cc(F)cc(F)c3)cc12. The number of carbonyl (C=O) groups excluding carboxylic acids is 1. The molecule has 0 bridgehead atoms. The van der Waals surface area contributed by atoms with Gasteiger partial charge in [-0.15, -0.1) is 5.10 Å². The molecule has 4 rings (SSSR count). The van der Waals surface area contributed by atoms with Crippen LogP contribution in [0.15, 0.2) is 64.4 Å². The normalized spacial score (nSPS) is 12.3. The Kier molecular flexibility index (Phi) is 9.81. The zero-order valence-corrected chi connectivity index (χ0v) is 25.1. The number of carboxylic acid groups (broad SMARTS) is 1. The third-order valence-corrected chi connectivity index (χ3v) is 8.11. The third-order valence-electron chi connectivity index (χ3n) is 6.38. The molecule has 1 aromatic heterocycles. The van der Waals surface area contributed by atoms with Crippen molar-refractivity contribution in [3.05, 3.63) is 71.8 Å². The monoisotopic (exact) mass is 631 g/mol. The Balaban J connectivity index is 1.74. The Morgan fingerprint density at radius 1 is 1.05 bits per heavy atom. The van der Waals surface area contributed by atoms with E-state index < -0.39 is 43.3 Å². The second kappa shape index (κ2) is 13.4. The van der Waals surface area contributed by atoms with Crippen LogP contribution in [-0.4, -0.2) is 87.2 Å². The molecule has 0 aliphatic carbocycles. The number of aromatic nitrogens is 2. The molecular weight excluding hydrogens is 600 g/mol. The van der Waals surface area contributed by atoms with Crippen LogP contribution in [0, 0.1) is 11.6 Å². The van der Waals surface area contributed by atoms with Gasteiger partial charge in [0.25, 0.3) is 5.91 Å². The van der Waals surface area contributed by atoms with E-state index in [2.05, 4.69) is 15.7 Å². The number of methoxy groups -OCH3 is 1. The number of nitrogens with zero attached hydrogens (tertiary/aromatic N) is 3. The topological polar surface area (TPSA) is 152 Å². The first-order chi connectivity index (χ1) is 20.8. The first-order valence-electron chi connectivity index (χ1n) is 13.3. The van der Waals surface area contributed by atoms with E-state index in [1.54, 1.807) is 12.1 Å². The lowest BCUT2D eigenvalue weighted by Gasteiger charge is -2.19. The van der Waals surface area contributed by atoms with Crippen LogP contribution in [0.25, 0.3) is 10.9 Å². The van der Waals surface area contributed by atoms with Gasteiger partial charge in [-0.05, 0) is 63.5 Å². The van der Waals surface area contributed by atoms with E-state index in [1.165, 1.54) is 19.2 Å². The van der Waals surface area contributed by atoms with Crippen molar-refractivity contribution in [1.82, 2.24) is 14.7 Å². The van der Waals surface area contributed by atoms with Crippen LogP contribution < -0.4 is 15.4 Å². The second-order valence-electron chi connectivity index (χ2n) is 10.1. The number of anilines is 2. The van der Waals surface area contributed by atoms with E-state index in [0.29, 0.717) is 54.1 Å². The summed E-state index contributed by atoms with van der Waals surface area (Å²) >= 11 is 0. The summed E-state index contributed by atoms with van der Waals surface area (Å²) in [6.45, 7) is 3.24. The quantitative estimate of drug-likeness (QED) is 0.206. The Morgan fingerprint density at radius 3 is 2.39 bits per heavy atom. The van der Waals surface area contributed by atoms with Gasteiger partial charge in [-0.3, -0.25) is 4.79 Å². The van der Waals surface area contributed by atoms with Gasteiger partial charge in [0, 0.05) is 37.2 Å². The number of nitrogens with one attached hydrogen (secondary N) is 2. The minimum Gasteiger partial charge on any atom is -0.492 e. The van der Waals surface area contributed by atoms with Crippen molar-refractivity contribution < 1.29 is 41.4 Å². The highest BCUT2D eigenvalue weighted by Gasteiger charge is 2.25. The zero-order chi connectivity index (χ0) is 32.2. The minimum atomic E-state index is -4.44. The van der Waals surface area contributed by atoms with Gasteiger partial charge in [-0.25, -0.2) is 22.0 Å². The summed E-state index contributed by atoms with van der Waals surface area (Å²) in [5.74, 6) is -2.62. The number of likely N-dealkylation sites (N-methyl/N-ethyl adjacent to an activating group) is 1. The van der Waals surface area contributed by atoms with Gasteiger partial charge in [0.15, 0.2) is 5.82 Å². The van der Waals surface area contributed by atoms with Crippen LogP contribution in [0.4, 0.5) is 25.1 Å². The number of rotatable bonds is 12. The maximum Gasteiger partial charge on any atom is 0.432 e. The summed E-state index contributed by atoms with van der Waals surface area (Å²) in [6.07, 6.45) is -1.49. The molecule has 15 heteroatoms. The molecule has 0 aliphatic heterocycles. The predicted octanol–water partition coefficient (Wildman–Crippen LogP) is 4.31. The number of hydrogen-bond donors (Lipinski definition) is 3. The van der Waals surface area contributed by atoms with Crippen molar-refractivity contribution in [2.45, 2.75) is 22.8 Å². The van der Waals surface area contributed by atoms with Crippen LogP contribution in [0.5, 0.6) is 5.75 Å². The number of fused-ring (bicyclic) bond motifs is 1. The summed E-state index contributed by atoms with van der Waals surface area (Å²) in [5.41, 5.74) is 0.520. The fraction of sp³-hybridized carbons (Fsp3) is 0.276. The molecule has 12 nitrogen and oxygen atoms in total. The lowest BCUT2D eigenvalue weighted by molar-refractivity contribution is 0.102. The molecule has 1 heterocycles. The highest BCUT2D eigenvalue weighted by atomic mass is 32.2. The molecule has 44 heavy (non-hydrogen) atoms. The molecule has 1 atom stereocenters. The molecule has 0 unspecified atom stereocenters. The predicted molar refractivity (Wildman–Crippen MR) is 158 cm³/mol. The standard InChI is InChI=1S/C29H31F2N5O7S/c1-17(16-42-4)32-25-14-20(43-10-9-35(2)3)5-7-23(25)28(37)33-27-24-15-21(6-8-26(24)36(34-27)29(38)39)44(40,41)22-12-18(30)11-19(31)13-22/h5-8,11-15,17,32H,9-10,16H2,1-4H3,(H,38,39)(H,33,34,37)/t17-/m1/s1. The van der Waals surface area contributed by atoms with Gasteiger partial charge < -0.3 is 30.1 Å². The first-order valence-corrected chi connectivity index (χ1v) is 14.7. The number of carbonyl (C=O) groups is 2. The fourth-order valence-corrected chi connectivity index (χ4v) is 5.66. The maximum absolute atomic E-state index is 13.8. The van der Waals surface area contributed by atoms with Gasteiger partial charge in [0.1, 0.15) is 24.0 Å². The van der Waals surface area contributed by atoms with Gasteiger partial charge in [0.05, 0.1) is 33.2 Å². The Labute approximate surface area is 252 Å². The minimum absolute atomic E-state index is 0.0334. The maximum atomic E-state index is 13.8. The van der Waals surface area contributed by atoms with E-state index in [1.807, 2.05) is 25.9 Å². The van der Waals surface area contributed by atoms with Gasteiger partial charge >= 0.3 is 6.09 Å². The highest BCUT2D eigenvalue weighted by Crippen LogP contribution is 2.31. The van der Waals surface area contributed by atoms with E-state index in [9.17, 15) is 31.9 Å². The van der Waals surface area contributed by atoms with Crippen molar-refractivity contribution >= 4 is 44.2 Å². The number of amides is 1. The Morgan fingerprint density at radius 2 is 1.75 bits per heavy atom. The van der Waals surface area contributed by atoms with Crippen molar-refractivity contribution in [3.63, 3.8) is 0 Å². The summed E-state index contributed by atoms with van der Waals surface area (Å²) in [5, 5.41) is 19.4. The first kappa shape index (κ1) is 32.3. The van der Waals surface area contributed by atoms with Crippen molar-refractivity contribution in [1.29, 1.82) is 0 Å². The molecule has 0 spiro atoms. The Bertz CT molecular complexity index is 1790. The van der Waals surface area contributed by atoms with E-state index in [4.69, 9.17) is 9.47 Å². The molecule has 0 fully saturated rings. The largest absolute Gasteiger partial charge is 0.492 e. The lowest BCUT2D eigenvalue weighted by atomic mass is 10.1. The van der Waals surface area contributed by atoms with E-state index in [-0.39, 0.29) is 28.3 Å². The number of halogens is 2. The summed E-state index contributed by atoms with van der Waals surface area (Å²) in [7, 11) is 0.910. The fourth-order valence-electron chi connectivity index (χ4n) is 4.33. The summed E-state index contributed by atoms with van der Waals surface area (Å²) in [4.78, 5) is 26.4. The molecule has 3 N–H and O–H groups in total. The molecule has 234 valence electrons. The number of ether oxygens (including phenoxy) is 2. The van der Waals surface area contributed by atoms with Crippen LogP contribution in [-0.2, 0) is 14.6 Å². The van der Waals surface area contributed by atoms with E-state index >= 15 is 0 Å². The highest BCUT2D eigenvalue weighted by molar-refractivity contribution is 7.91. The van der Waals surface area contributed by atoms with Crippen LogP contribution in [0.2, 0.25) is 0 Å². The number of hydrogen-bond acceptors (Lipinski definition) is 9. The van der Waals surface area contributed by atoms with Crippen LogP contribution >= 0.6 is 0 Å². The number of sulfone groups is 1. The molecule has 0 saturated carbocycles. The van der Waals surface area contributed by atoms with E-state index in [0.717, 1.165) is 12.1 Å². The molecule has 4 aromatic rings.